The molecule has 1 aromatic carbocycles. The van der Waals surface area contributed by atoms with Crippen LogP contribution in [0.1, 0.15) is 18.9 Å². The van der Waals surface area contributed by atoms with Crippen LogP contribution in [0.25, 0.3) is 0 Å². The minimum absolute atomic E-state index is 0.154. The molecule has 8 nitrogen and oxygen atoms in total. The van der Waals surface area contributed by atoms with E-state index in [1.807, 2.05) is 25.1 Å². The van der Waals surface area contributed by atoms with Crippen LogP contribution >= 0.6 is 0 Å². The summed E-state index contributed by atoms with van der Waals surface area (Å²) in [5.41, 5.74) is 9.99. The van der Waals surface area contributed by atoms with E-state index in [4.69, 9.17) is 15.2 Å². The van der Waals surface area contributed by atoms with Crippen molar-refractivity contribution in [1.82, 2.24) is 10.3 Å². The molecule has 0 unspecified atom stereocenters. The lowest BCUT2D eigenvalue weighted by molar-refractivity contribution is 0.310. The summed E-state index contributed by atoms with van der Waals surface area (Å²) in [7, 11) is 3.18. The maximum Gasteiger partial charge on any atom is 0.235 e. The highest BCUT2D eigenvalue weighted by atomic mass is 16.6. The number of hydrogen-bond acceptors (Lipinski definition) is 8. The standard InChI is InChI=1S/C13H17N5O3/c1-4-9(15-16-13-12(14)17-21-18-13)8-5-6-10(19-2)11(7-8)20-3/h5-7H,4H2,1-3H3,(H2,14,17)(H,16,18)/b15-9-. The lowest BCUT2D eigenvalue weighted by atomic mass is 10.1. The first-order valence-electron chi connectivity index (χ1n) is 6.32. The second kappa shape index (κ2) is 6.60. The molecule has 0 radical (unpaired) electrons. The van der Waals surface area contributed by atoms with E-state index in [2.05, 4.69) is 25.5 Å². The summed E-state index contributed by atoms with van der Waals surface area (Å²) in [6.45, 7) is 1.99. The van der Waals surface area contributed by atoms with Crippen molar-refractivity contribution in [3.63, 3.8) is 0 Å². The number of nitrogens with one attached hydrogen (secondary N) is 1. The van der Waals surface area contributed by atoms with E-state index in [1.54, 1.807) is 14.2 Å². The van der Waals surface area contributed by atoms with Gasteiger partial charge in [0.25, 0.3) is 0 Å². The highest BCUT2D eigenvalue weighted by Gasteiger charge is 2.09. The second-order valence-corrected chi connectivity index (χ2v) is 4.09. The Morgan fingerprint density at radius 1 is 1.29 bits per heavy atom. The highest BCUT2D eigenvalue weighted by Crippen LogP contribution is 2.28. The van der Waals surface area contributed by atoms with E-state index >= 15 is 0 Å². The van der Waals surface area contributed by atoms with Crippen molar-refractivity contribution in [3.8, 4) is 11.5 Å². The smallest absolute Gasteiger partial charge is 0.235 e. The SMILES string of the molecule is CC/C(=N/Nc1nonc1N)c1ccc(OC)c(OC)c1. The number of hydrazone groups is 1. The maximum absolute atomic E-state index is 5.55. The molecule has 2 aromatic rings. The molecule has 2 rings (SSSR count). The Hall–Kier alpha value is -2.77. The molecule has 0 atom stereocenters. The Morgan fingerprint density at radius 2 is 2.05 bits per heavy atom. The minimum Gasteiger partial charge on any atom is -0.493 e. The Bertz CT molecular complexity index is 638. The summed E-state index contributed by atoms with van der Waals surface area (Å²) in [4.78, 5) is 0. The predicted octanol–water partition coefficient (Wildman–Crippen LogP) is 1.90. The monoisotopic (exact) mass is 291 g/mol. The first kappa shape index (κ1) is 14.6. The molecule has 0 aliphatic carbocycles. The van der Waals surface area contributed by atoms with Gasteiger partial charge in [0.15, 0.2) is 11.5 Å². The normalized spacial score (nSPS) is 11.3. The molecule has 0 fully saturated rings. The number of rotatable bonds is 6. The molecular weight excluding hydrogens is 274 g/mol. The van der Waals surface area contributed by atoms with Crippen molar-refractivity contribution in [1.29, 1.82) is 0 Å². The molecular formula is C13H17N5O3. The fourth-order valence-electron chi connectivity index (χ4n) is 1.76. The summed E-state index contributed by atoms with van der Waals surface area (Å²) in [5, 5.41) is 11.3. The van der Waals surface area contributed by atoms with Crippen molar-refractivity contribution >= 4 is 17.3 Å². The van der Waals surface area contributed by atoms with E-state index in [-0.39, 0.29) is 11.6 Å². The number of nitrogen functional groups attached to an aromatic ring is 1. The summed E-state index contributed by atoms with van der Waals surface area (Å²) < 4.78 is 15.0. The molecule has 112 valence electrons. The first-order valence-corrected chi connectivity index (χ1v) is 6.32. The van der Waals surface area contributed by atoms with Crippen molar-refractivity contribution in [2.45, 2.75) is 13.3 Å². The fourth-order valence-corrected chi connectivity index (χ4v) is 1.76. The topological polar surface area (TPSA) is 108 Å². The lowest BCUT2D eigenvalue weighted by Crippen LogP contribution is -2.05. The van der Waals surface area contributed by atoms with Crippen molar-refractivity contribution in [2.75, 3.05) is 25.4 Å². The van der Waals surface area contributed by atoms with Crippen LogP contribution in [0.2, 0.25) is 0 Å². The molecule has 0 aliphatic rings. The van der Waals surface area contributed by atoms with Gasteiger partial charge in [-0.25, -0.2) is 4.63 Å². The molecule has 0 bridgehead atoms. The van der Waals surface area contributed by atoms with Crippen LogP contribution in [0.15, 0.2) is 27.9 Å². The van der Waals surface area contributed by atoms with Crippen LogP contribution in [0.3, 0.4) is 0 Å². The van der Waals surface area contributed by atoms with Crippen LogP contribution in [-0.4, -0.2) is 30.2 Å². The van der Waals surface area contributed by atoms with Gasteiger partial charge in [-0.2, -0.15) is 5.10 Å². The average molecular weight is 291 g/mol. The van der Waals surface area contributed by atoms with E-state index in [1.165, 1.54) is 0 Å². The van der Waals surface area contributed by atoms with Gasteiger partial charge in [0, 0.05) is 5.56 Å². The Labute approximate surface area is 121 Å². The quantitative estimate of drug-likeness (QED) is 0.618. The number of benzene rings is 1. The van der Waals surface area contributed by atoms with Crippen LogP contribution in [-0.2, 0) is 0 Å². The number of methoxy groups -OCH3 is 2. The molecule has 1 heterocycles. The van der Waals surface area contributed by atoms with Crippen LogP contribution in [0.5, 0.6) is 11.5 Å². The Balaban J connectivity index is 2.26. The fraction of sp³-hybridized carbons (Fsp3) is 0.308. The summed E-state index contributed by atoms with van der Waals surface area (Å²) in [6.07, 6.45) is 0.702. The van der Waals surface area contributed by atoms with Gasteiger partial charge in [0.2, 0.25) is 11.6 Å². The molecule has 3 N–H and O–H groups in total. The molecule has 0 saturated heterocycles. The summed E-state index contributed by atoms with van der Waals surface area (Å²) in [5.74, 6) is 1.73. The Morgan fingerprint density at radius 3 is 2.62 bits per heavy atom. The number of nitrogens with zero attached hydrogens (tertiary/aromatic N) is 3. The number of aromatic nitrogens is 2. The van der Waals surface area contributed by atoms with Crippen molar-refractivity contribution < 1.29 is 14.1 Å². The van der Waals surface area contributed by atoms with E-state index in [9.17, 15) is 0 Å². The van der Waals surface area contributed by atoms with Gasteiger partial charge in [-0.05, 0) is 34.9 Å². The third kappa shape index (κ3) is 3.22. The van der Waals surface area contributed by atoms with Crippen molar-refractivity contribution in [2.24, 2.45) is 5.10 Å². The third-order valence-electron chi connectivity index (χ3n) is 2.86. The molecule has 0 aliphatic heterocycles. The van der Waals surface area contributed by atoms with E-state index in [0.717, 1.165) is 11.3 Å². The molecule has 8 heteroatoms. The maximum atomic E-state index is 5.55. The van der Waals surface area contributed by atoms with Crippen LogP contribution in [0.4, 0.5) is 11.6 Å². The number of nitrogens with two attached hydrogens (primary N) is 1. The first-order chi connectivity index (χ1) is 10.2. The van der Waals surface area contributed by atoms with Crippen LogP contribution in [0, 0.1) is 0 Å². The molecule has 0 amide bonds. The molecule has 21 heavy (non-hydrogen) atoms. The minimum atomic E-state index is 0.154. The number of ether oxygens (including phenoxy) is 2. The summed E-state index contributed by atoms with van der Waals surface area (Å²) >= 11 is 0. The summed E-state index contributed by atoms with van der Waals surface area (Å²) in [6, 6.07) is 5.58. The van der Waals surface area contributed by atoms with Gasteiger partial charge in [0.1, 0.15) is 0 Å². The zero-order chi connectivity index (χ0) is 15.2. The zero-order valence-electron chi connectivity index (χ0n) is 12.1. The molecule has 0 saturated carbocycles. The van der Waals surface area contributed by atoms with Crippen molar-refractivity contribution in [3.05, 3.63) is 23.8 Å². The highest BCUT2D eigenvalue weighted by molar-refractivity contribution is 6.01. The molecule has 0 spiro atoms. The largest absolute Gasteiger partial charge is 0.493 e. The van der Waals surface area contributed by atoms with Gasteiger partial charge >= 0.3 is 0 Å². The number of anilines is 2. The predicted molar refractivity (Wildman–Crippen MR) is 78.7 cm³/mol. The van der Waals surface area contributed by atoms with E-state index < -0.39 is 0 Å². The number of hydrogen-bond donors (Lipinski definition) is 2. The lowest BCUT2D eigenvalue weighted by Gasteiger charge is -2.10. The van der Waals surface area contributed by atoms with Gasteiger partial charge < -0.3 is 15.2 Å². The van der Waals surface area contributed by atoms with Gasteiger partial charge in [-0.1, -0.05) is 6.92 Å². The van der Waals surface area contributed by atoms with Crippen LogP contribution < -0.4 is 20.6 Å². The van der Waals surface area contributed by atoms with Gasteiger partial charge in [-0.15, -0.1) is 0 Å². The van der Waals surface area contributed by atoms with E-state index in [0.29, 0.717) is 17.9 Å². The van der Waals surface area contributed by atoms with Gasteiger partial charge in [0.05, 0.1) is 19.9 Å². The Kier molecular flexibility index (Phi) is 4.60. The molecule has 1 aromatic heterocycles. The van der Waals surface area contributed by atoms with Gasteiger partial charge in [-0.3, -0.25) is 5.43 Å². The third-order valence-corrected chi connectivity index (χ3v) is 2.86. The zero-order valence-corrected chi connectivity index (χ0v) is 12.1. The average Bonchev–Trinajstić information content (AvgIpc) is 2.93. The second-order valence-electron chi connectivity index (χ2n) is 4.09.